The molecule has 314 valence electrons. The largest absolute Gasteiger partial charge is 0.311 e. The summed E-state index contributed by atoms with van der Waals surface area (Å²) in [5.74, 6) is 0. The van der Waals surface area contributed by atoms with E-state index in [0.29, 0.717) is 0 Å². The molecule has 0 saturated carbocycles. The number of hydrogen-bond donors (Lipinski definition) is 0. The first-order valence-electron chi connectivity index (χ1n) is 23.0. The Morgan fingerprint density at radius 1 is 0.448 bits per heavy atom. The second kappa shape index (κ2) is 15.6. The number of benzene rings is 10. The van der Waals surface area contributed by atoms with Gasteiger partial charge in [0.25, 0.3) is 0 Å². The summed E-state index contributed by atoms with van der Waals surface area (Å²) in [5.41, 5.74) is 16.9. The van der Waals surface area contributed by atoms with Crippen LogP contribution < -0.4 is 36.8 Å². The van der Waals surface area contributed by atoms with Crippen molar-refractivity contribution in [3.05, 3.63) is 224 Å². The first-order valence-corrected chi connectivity index (χ1v) is 27.2. The van der Waals surface area contributed by atoms with Crippen LogP contribution in [0.2, 0.25) is 0 Å². The third-order valence-electron chi connectivity index (χ3n) is 14.2. The maximum absolute atomic E-state index is 2.63. The molecule has 10 aromatic carbocycles. The quantitative estimate of drug-likeness (QED) is 0.158. The summed E-state index contributed by atoms with van der Waals surface area (Å²) < 4.78 is 2.66. The Morgan fingerprint density at radius 2 is 1.12 bits per heavy atom. The van der Waals surface area contributed by atoms with Gasteiger partial charge in [-0.05, 0) is 122 Å². The van der Waals surface area contributed by atoms with E-state index >= 15 is 0 Å². The molecule has 4 heterocycles. The fourth-order valence-corrected chi connectivity index (χ4v) is 18.4. The van der Waals surface area contributed by atoms with Crippen LogP contribution in [0.5, 0.6) is 0 Å². The topological polar surface area (TPSA) is 3.24 Å². The zero-order valence-electron chi connectivity index (χ0n) is 36.6. The first kappa shape index (κ1) is 39.4. The standard InChI is InChI=1S/C61H40BNS3Si/c1-38-15-8-9-20-44(38)59-45(39-16-4-2-5-17-39)31-33-51-61(59)67(43-18-6-3-7-19-43)58-36-41(40-27-30-47-46-21-10-12-23-52(46)64-57(47)35-40)28-32-50(58)63(51)42-29-34-54-49(37-42)62-48-22-11-13-24-53(48)65-55-25-14-26-56(66-54)60(55)62/h2-37,67H,1H3. The highest BCUT2D eigenvalue weighted by atomic mass is 32.2. The smallest absolute Gasteiger partial charge is 0.247 e. The van der Waals surface area contributed by atoms with Gasteiger partial charge in [-0.25, -0.2) is 0 Å². The number of fused-ring (bicyclic) bond motifs is 9. The lowest BCUT2D eigenvalue weighted by Crippen LogP contribution is -2.59. The predicted octanol–water partition coefficient (Wildman–Crippen LogP) is 12.8. The van der Waals surface area contributed by atoms with E-state index in [0.717, 1.165) is 0 Å². The third-order valence-corrected chi connectivity index (χ3v) is 21.0. The SMILES string of the molecule is Cc1ccccc1-c1c(-c2ccccc2)ccc2c1[SiH](c1ccccc1)c1cc(-c3ccc4c(c3)sc3ccccc34)ccc1N2c1ccc2c(c1)B1c3ccccc3Sc3cccc(c31)S2. The van der Waals surface area contributed by atoms with Crippen LogP contribution in [0.15, 0.2) is 238 Å². The van der Waals surface area contributed by atoms with Gasteiger partial charge < -0.3 is 4.90 Å². The highest BCUT2D eigenvalue weighted by Crippen LogP contribution is 2.45. The van der Waals surface area contributed by atoms with Gasteiger partial charge in [0.05, 0.1) is 0 Å². The van der Waals surface area contributed by atoms with E-state index in [9.17, 15) is 0 Å². The second-order valence-electron chi connectivity index (χ2n) is 17.9. The summed E-state index contributed by atoms with van der Waals surface area (Å²) in [6, 6.07) is 83.0. The van der Waals surface area contributed by atoms with Crippen LogP contribution in [-0.2, 0) is 0 Å². The van der Waals surface area contributed by atoms with E-state index in [-0.39, 0.29) is 6.71 Å². The van der Waals surface area contributed by atoms with Gasteiger partial charge in [0, 0.05) is 56.8 Å². The van der Waals surface area contributed by atoms with Crippen molar-refractivity contribution in [2.24, 2.45) is 0 Å². The summed E-state index contributed by atoms with van der Waals surface area (Å²) in [4.78, 5) is 8.05. The summed E-state index contributed by atoms with van der Waals surface area (Å²) >= 11 is 5.74. The average molecular weight is 922 g/mol. The lowest BCUT2D eigenvalue weighted by atomic mass is 9.36. The molecule has 1 atom stereocenters. The molecule has 0 N–H and O–H groups in total. The Morgan fingerprint density at radius 3 is 1.97 bits per heavy atom. The van der Waals surface area contributed by atoms with Crippen molar-refractivity contribution >= 4 is 120 Å². The fourth-order valence-electron chi connectivity index (χ4n) is 11.2. The van der Waals surface area contributed by atoms with Crippen LogP contribution in [-0.4, -0.2) is 15.5 Å². The van der Waals surface area contributed by atoms with Crippen LogP contribution in [0, 0.1) is 6.92 Å². The highest BCUT2D eigenvalue weighted by molar-refractivity contribution is 8.01. The molecule has 0 amide bonds. The van der Waals surface area contributed by atoms with E-state index in [1.807, 2.05) is 34.9 Å². The van der Waals surface area contributed by atoms with Crippen molar-refractivity contribution in [1.82, 2.24) is 0 Å². The van der Waals surface area contributed by atoms with E-state index < -0.39 is 8.80 Å². The van der Waals surface area contributed by atoms with E-state index in [1.54, 1.807) is 0 Å². The maximum atomic E-state index is 2.63. The number of aryl methyl sites for hydroxylation is 1. The van der Waals surface area contributed by atoms with Crippen molar-refractivity contribution in [3.63, 3.8) is 0 Å². The minimum absolute atomic E-state index is 0.157. The highest BCUT2D eigenvalue weighted by Gasteiger charge is 2.41. The van der Waals surface area contributed by atoms with Gasteiger partial charge >= 0.3 is 0 Å². The monoisotopic (exact) mass is 921 g/mol. The van der Waals surface area contributed by atoms with Crippen molar-refractivity contribution in [2.75, 3.05) is 4.90 Å². The molecule has 0 aliphatic carbocycles. The fraction of sp³-hybridized carbons (Fsp3) is 0.0164. The average Bonchev–Trinajstić information content (AvgIpc) is 3.76. The molecule has 0 fully saturated rings. The van der Waals surface area contributed by atoms with Gasteiger partial charge in [-0.15, -0.1) is 11.3 Å². The predicted molar refractivity (Wildman–Crippen MR) is 293 cm³/mol. The minimum Gasteiger partial charge on any atom is -0.311 e. The molecule has 0 spiro atoms. The van der Waals surface area contributed by atoms with Crippen LogP contribution in [0.1, 0.15) is 5.56 Å². The second-order valence-corrected chi connectivity index (χ2v) is 23.9. The molecule has 1 nitrogen and oxygen atoms in total. The number of hydrogen-bond acceptors (Lipinski definition) is 4. The summed E-state index contributed by atoms with van der Waals surface area (Å²) in [5, 5.41) is 6.98. The molecule has 11 aromatic rings. The molecule has 6 heteroatoms. The van der Waals surface area contributed by atoms with Crippen LogP contribution >= 0.6 is 34.9 Å². The molecular formula is C61H40BNS3Si. The number of anilines is 3. The van der Waals surface area contributed by atoms with E-state index in [2.05, 4.69) is 230 Å². The summed E-state index contributed by atoms with van der Waals surface area (Å²) in [6.07, 6.45) is 0. The van der Waals surface area contributed by atoms with E-state index in [4.69, 9.17) is 0 Å². The van der Waals surface area contributed by atoms with E-state index in [1.165, 1.54) is 128 Å². The zero-order valence-corrected chi connectivity index (χ0v) is 40.2. The molecule has 3 aliphatic heterocycles. The third kappa shape index (κ3) is 6.24. The maximum Gasteiger partial charge on any atom is 0.247 e. The Hall–Kier alpha value is -6.80. The zero-order chi connectivity index (χ0) is 44.2. The molecule has 0 saturated heterocycles. The van der Waals surface area contributed by atoms with Crippen molar-refractivity contribution in [3.8, 4) is 33.4 Å². The van der Waals surface area contributed by atoms with Crippen LogP contribution in [0.4, 0.5) is 17.1 Å². The van der Waals surface area contributed by atoms with Gasteiger partial charge in [0.2, 0.25) is 6.71 Å². The normalized spacial score (nSPS) is 14.3. The summed E-state index contributed by atoms with van der Waals surface area (Å²) in [7, 11) is -2.22. The Labute approximate surface area is 405 Å². The molecule has 67 heavy (non-hydrogen) atoms. The lowest BCUT2D eigenvalue weighted by molar-refractivity contribution is 1.28. The van der Waals surface area contributed by atoms with Crippen LogP contribution in [0.25, 0.3) is 53.6 Å². The Balaban J connectivity index is 1.06. The van der Waals surface area contributed by atoms with Crippen LogP contribution in [0.3, 0.4) is 0 Å². The number of nitrogens with zero attached hydrogens (tertiary/aromatic N) is 1. The Bertz CT molecular complexity index is 3790. The molecule has 0 bridgehead atoms. The molecule has 14 rings (SSSR count). The lowest BCUT2D eigenvalue weighted by Gasteiger charge is -2.40. The van der Waals surface area contributed by atoms with Crippen molar-refractivity contribution in [2.45, 2.75) is 26.5 Å². The first-order chi connectivity index (χ1) is 33.1. The Kier molecular flexibility index (Phi) is 9.20. The van der Waals surface area contributed by atoms with Gasteiger partial charge in [0.15, 0.2) is 0 Å². The van der Waals surface area contributed by atoms with Gasteiger partial charge in [-0.2, -0.15) is 0 Å². The molecule has 1 aromatic heterocycles. The molecule has 1 unspecified atom stereocenters. The van der Waals surface area contributed by atoms with Crippen molar-refractivity contribution < 1.29 is 0 Å². The molecule has 0 radical (unpaired) electrons. The summed E-state index contributed by atoms with van der Waals surface area (Å²) in [6.45, 7) is 2.44. The molecule has 3 aliphatic rings. The van der Waals surface area contributed by atoms with Crippen molar-refractivity contribution in [1.29, 1.82) is 0 Å². The van der Waals surface area contributed by atoms with Gasteiger partial charge in [-0.3, -0.25) is 0 Å². The van der Waals surface area contributed by atoms with Gasteiger partial charge in [0.1, 0.15) is 8.80 Å². The minimum atomic E-state index is -2.22. The number of rotatable bonds is 5. The molecular weight excluding hydrogens is 882 g/mol. The van der Waals surface area contributed by atoms with Gasteiger partial charge in [-0.1, -0.05) is 197 Å². The number of thiophene rings is 1.